The number of hydrogen-bond acceptors (Lipinski definition) is 0. The van der Waals surface area contributed by atoms with E-state index in [9.17, 15) is 13.2 Å². The van der Waals surface area contributed by atoms with E-state index in [4.69, 9.17) is 0 Å². The zero-order chi connectivity index (χ0) is 15.1. The van der Waals surface area contributed by atoms with Crippen molar-refractivity contribution in [1.82, 2.24) is 0 Å². The Bertz CT molecular complexity index is 364. The average Bonchev–Trinajstić information content (AvgIpc) is 2.47. The Balaban J connectivity index is 0.00000176. The Morgan fingerprint density at radius 2 is 1.26 bits per heavy atom. The van der Waals surface area contributed by atoms with Crippen LogP contribution in [0.1, 0.15) is 60.2 Å². The summed E-state index contributed by atoms with van der Waals surface area (Å²) in [6, 6.07) is 0. The van der Waals surface area contributed by atoms with Crippen molar-refractivity contribution in [1.29, 1.82) is 0 Å². The van der Waals surface area contributed by atoms with Gasteiger partial charge in [-0.25, -0.2) is 13.2 Å². The van der Waals surface area contributed by atoms with Crippen molar-refractivity contribution in [3.8, 4) is 0 Å². The van der Waals surface area contributed by atoms with Gasteiger partial charge in [0.05, 0.1) is 0 Å². The van der Waals surface area contributed by atoms with Crippen LogP contribution in [-0.2, 0) is 0 Å². The van der Waals surface area contributed by atoms with Gasteiger partial charge in [0.1, 0.15) is 18.5 Å². The lowest BCUT2D eigenvalue weighted by Crippen LogP contribution is -2.52. The van der Waals surface area contributed by atoms with Gasteiger partial charge in [-0.15, -0.1) is 0 Å². The van der Waals surface area contributed by atoms with E-state index in [0.717, 1.165) is 50.9 Å². The molecule has 0 aromatic carbocycles. The molecule has 0 radical (unpaired) electrons. The van der Waals surface area contributed by atoms with Gasteiger partial charge in [-0.3, -0.25) is 0 Å². The predicted molar refractivity (Wildman–Crippen MR) is 88.6 cm³/mol. The molecule has 0 aromatic rings. The highest BCUT2D eigenvalue weighted by Crippen LogP contribution is 2.51. The summed E-state index contributed by atoms with van der Waals surface area (Å²) >= 11 is 0. The van der Waals surface area contributed by atoms with E-state index in [-0.39, 0.29) is 30.1 Å². The van der Waals surface area contributed by atoms with Gasteiger partial charge in [0, 0.05) is 7.34 Å². The molecule has 3 aliphatic rings. The molecule has 2 nitrogen and oxygen atoms in total. The fraction of sp³-hybridized carbons (Fsp3) is 1.00. The van der Waals surface area contributed by atoms with E-state index in [1.54, 1.807) is 0 Å². The van der Waals surface area contributed by atoms with Crippen molar-refractivity contribution in [3.63, 3.8) is 0 Å². The maximum absolute atomic E-state index is 14.7. The quantitative estimate of drug-likeness (QED) is 0.690. The first-order chi connectivity index (χ1) is 9.99. The summed E-state index contributed by atoms with van der Waals surface area (Å²) in [6.07, 6.45) is 2.63. The molecule has 3 fully saturated rings. The fourth-order valence-corrected chi connectivity index (χ4v) is 5.27. The minimum atomic E-state index is -1.58. The first-order valence-electron chi connectivity index (χ1n) is 8.91. The molecular formula is C18H35F3O2. The molecule has 0 heterocycles. The minimum Gasteiger partial charge on any atom is -0.412 e. The van der Waals surface area contributed by atoms with Crippen LogP contribution in [0.3, 0.4) is 0 Å². The number of hydrogen-bond donors (Lipinski definition) is 0. The van der Waals surface area contributed by atoms with Crippen molar-refractivity contribution >= 4 is 0 Å². The van der Waals surface area contributed by atoms with Crippen molar-refractivity contribution in [2.24, 2.45) is 35.5 Å². The predicted octanol–water partition coefficient (Wildman–Crippen LogP) is 4.11. The molecule has 0 aromatic heterocycles. The minimum absolute atomic E-state index is 0. The van der Waals surface area contributed by atoms with Gasteiger partial charge in [-0.05, 0) is 61.7 Å². The Morgan fingerprint density at radius 1 is 0.696 bits per heavy atom. The molecule has 4 N–H and O–H groups in total. The number of alkyl halides is 3. The molecule has 3 rings (SSSR count). The molecule has 7 unspecified atom stereocenters. The first kappa shape index (κ1) is 20.8. The lowest BCUT2D eigenvalue weighted by atomic mass is 9.59. The third-order valence-corrected chi connectivity index (χ3v) is 6.77. The molecule has 140 valence electrons. The smallest absolute Gasteiger partial charge is 0.137 e. The first-order valence-corrected chi connectivity index (χ1v) is 8.91. The van der Waals surface area contributed by atoms with Crippen LogP contribution in [0.5, 0.6) is 0 Å². The standard InChI is InChI=1S/C18H29F3.2H2O.H2/c1-10-3-6-12(7-4-10)14-9-13-8-5-11(2)16(19)15(13)18(21)17(14)20;;;/h10-18H,3-9H2,1-2H3;2*1H2;1H. The van der Waals surface area contributed by atoms with Crippen molar-refractivity contribution in [3.05, 3.63) is 0 Å². The third-order valence-electron chi connectivity index (χ3n) is 6.77. The van der Waals surface area contributed by atoms with Crippen LogP contribution in [0.4, 0.5) is 13.2 Å². The zero-order valence-corrected chi connectivity index (χ0v) is 14.3. The number of fused-ring (bicyclic) bond motifs is 1. The Hall–Kier alpha value is -0.290. The highest BCUT2D eigenvalue weighted by atomic mass is 19.2. The van der Waals surface area contributed by atoms with Crippen molar-refractivity contribution < 1.29 is 25.6 Å². The van der Waals surface area contributed by atoms with Crippen LogP contribution < -0.4 is 0 Å². The fourth-order valence-electron chi connectivity index (χ4n) is 5.27. The highest BCUT2D eigenvalue weighted by molar-refractivity contribution is 5.01. The number of halogens is 3. The van der Waals surface area contributed by atoms with E-state index < -0.39 is 24.4 Å². The SMILES string of the molecule is CC1CCC(C2CC3CCC(C)C(F)C3C(F)C2F)CC1.O.O.[HH]. The number of rotatable bonds is 1. The Kier molecular flexibility index (Phi) is 7.39. The molecule has 0 saturated heterocycles. The van der Waals surface area contributed by atoms with Crippen LogP contribution >= 0.6 is 0 Å². The van der Waals surface area contributed by atoms with Crippen molar-refractivity contribution in [2.75, 3.05) is 0 Å². The summed E-state index contributed by atoms with van der Waals surface area (Å²) in [6.45, 7) is 4.09. The summed E-state index contributed by atoms with van der Waals surface area (Å²) in [5, 5.41) is 0. The van der Waals surface area contributed by atoms with Gasteiger partial charge in [0.25, 0.3) is 0 Å². The van der Waals surface area contributed by atoms with Gasteiger partial charge >= 0.3 is 0 Å². The van der Waals surface area contributed by atoms with Crippen LogP contribution in [0.2, 0.25) is 0 Å². The molecule has 5 heteroatoms. The highest BCUT2D eigenvalue weighted by Gasteiger charge is 2.53. The second-order valence-corrected chi connectivity index (χ2v) is 8.14. The summed E-state index contributed by atoms with van der Waals surface area (Å²) in [5.74, 6) is 0.179. The lowest BCUT2D eigenvalue weighted by molar-refractivity contribution is -0.0953. The van der Waals surface area contributed by atoms with Crippen LogP contribution in [0, 0.1) is 35.5 Å². The maximum Gasteiger partial charge on any atom is 0.137 e. The second-order valence-electron chi connectivity index (χ2n) is 8.14. The largest absolute Gasteiger partial charge is 0.412 e. The second kappa shape index (κ2) is 8.19. The molecule has 23 heavy (non-hydrogen) atoms. The van der Waals surface area contributed by atoms with Crippen molar-refractivity contribution in [2.45, 2.75) is 77.3 Å². The average molecular weight is 340 g/mol. The van der Waals surface area contributed by atoms with Gasteiger partial charge in [-0.1, -0.05) is 26.7 Å². The topological polar surface area (TPSA) is 63.0 Å². The van der Waals surface area contributed by atoms with Gasteiger partial charge < -0.3 is 11.0 Å². The van der Waals surface area contributed by atoms with Gasteiger partial charge in [0.2, 0.25) is 0 Å². The molecule has 0 amide bonds. The summed E-state index contributed by atoms with van der Waals surface area (Å²) in [5.41, 5.74) is 0. The Morgan fingerprint density at radius 3 is 1.87 bits per heavy atom. The zero-order valence-electron chi connectivity index (χ0n) is 14.3. The van der Waals surface area contributed by atoms with Crippen LogP contribution in [0.15, 0.2) is 0 Å². The Labute approximate surface area is 139 Å². The van der Waals surface area contributed by atoms with E-state index >= 15 is 0 Å². The molecule has 0 spiro atoms. The van der Waals surface area contributed by atoms with Crippen LogP contribution in [0.25, 0.3) is 0 Å². The lowest BCUT2D eigenvalue weighted by Gasteiger charge is -2.49. The van der Waals surface area contributed by atoms with Gasteiger partial charge in [0.15, 0.2) is 0 Å². The van der Waals surface area contributed by atoms with Crippen LogP contribution in [-0.4, -0.2) is 29.5 Å². The summed E-state index contributed by atoms with van der Waals surface area (Å²) in [4.78, 5) is 0. The normalized spacial score (nSPS) is 50.2. The molecule has 0 aliphatic heterocycles. The van der Waals surface area contributed by atoms with E-state index in [1.807, 2.05) is 6.92 Å². The molecular weight excluding hydrogens is 305 g/mol. The third kappa shape index (κ3) is 3.87. The maximum atomic E-state index is 14.7. The molecule has 7 atom stereocenters. The summed E-state index contributed by atoms with van der Waals surface area (Å²) < 4.78 is 43.6. The monoisotopic (exact) mass is 340 g/mol. The van der Waals surface area contributed by atoms with E-state index in [0.29, 0.717) is 5.92 Å². The summed E-state index contributed by atoms with van der Waals surface area (Å²) in [7, 11) is 0. The molecule has 3 saturated carbocycles. The molecule has 3 aliphatic carbocycles. The van der Waals surface area contributed by atoms with E-state index in [2.05, 4.69) is 6.92 Å². The van der Waals surface area contributed by atoms with E-state index in [1.165, 1.54) is 0 Å². The van der Waals surface area contributed by atoms with Gasteiger partial charge in [-0.2, -0.15) is 0 Å². The molecule has 0 bridgehead atoms.